The zero-order valence-electron chi connectivity index (χ0n) is 11.7. The van der Waals surface area contributed by atoms with Gasteiger partial charge in [0.15, 0.2) is 0 Å². The maximum absolute atomic E-state index is 12.8. The molecule has 0 saturated heterocycles. The number of hydrogen-bond donors (Lipinski definition) is 2. The fraction of sp³-hybridized carbons (Fsp3) is 0.400. The fourth-order valence-electron chi connectivity index (χ4n) is 3.05. The summed E-state index contributed by atoms with van der Waals surface area (Å²) in [6, 6.07) is 8.66. The van der Waals surface area contributed by atoms with Crippen LogP contribution < -0.4 is 10.5 Å². The number of aromatic nitrogens is 1. The first-order chi connectivity index (χ1) is 10.1. The van der Waals surface area contributed by atoms with Crippen LogP contribution in [-0.2, 0) is 10.0 Å². The van der Waals surface area contributed by atoms with Crippen molar-refractivity contribution in [2.45, 2.75) is 36.1 Å². The van der Waals surface area contributed by atoms with E-state index in [1.165, 1.54) is 0 Å². The SMILES string of the molecule is NCC1(NS(=O)(=O)c2cccc3ncccc23)CCCC1. The van der Waals surface area contributed by atoms with Gasteiger partial charge in [-0.05, 0) is 37.1 Å². The van der Waals surface area contributed by atoms with Crippen molar-refractivity contribution < 1.29 is 8.42 Å². The number of benzene rings is 1. The maximum atomic E-state index is 12.8. The van der Waals surface area contributed by atoms with Crippen LogP contribution in [0.25, 0.3) is 10.9 Å². The Balaban J connectivity index is 2.04. The molecule has 0 bridgehead atoms. The van der Waals surface area contributed by atoms with Gasteiger partial charge in [0.2, 0.25) is 10.0 Å². The largest absolute Gasteiger partial charge is 0.329 e. The zero-order valence-corrected chi connectivity index (χ0v) is 12.6. The predicted molar refractivity (Wildman–Crippen MR) is 82.3 cm³/mol. The molecule has 1 fully saturated rings. The van der Waals surface area contributed by atoms with Gasteiger partial charge in [0.1, 0.15) is 0 Å². The van der Waals surface area contributed by atoms with Crippen molar-refractivity contribution in [2.24, 2.45) is 5.73 Å². The molecule has 1 aromatic heterocycles. The van der Waals surface area contributed by atoms with Crippen LogP contribution in [0.5, 0.6) is 0 Å². The quantitative estimate of drug-likeness (QED) is 0.901. The average molecular weight is 305 g/mol. The molecule has 0 radical (unpaired) electrons. The highest BCUT2D eigenvalue weighted by Gasteiger charge is 2.37. The number of fused-ring (bicyclic) bond motifs is 1. The molecule has 0 amide bonds. The lowest BCUT2D eigenvalue weighted by Crippen LogP contribution is -2.51. The minimum absolute atomic E-state index is 0.271. The molecule has 0 atom stereocenters. The summed E-state index contributed by atoms with van der Waals surface area (Å²) in [4.78, 5) is 4.48. The van der Waals surface area contributed by atoms with Crippen molar-refractivity contribution in [3.05, 3.63) is 36.5 Å². The molecular formula is C15H19N3O2S. The number of pyridine rings is 1. The Hall–Kier alpha value is -1.50. The van der Waals surface area contributed by atoms with E-state index in [2.05, 4.69) is 9.71 Å². The Bertz CT molecular complexity index is 747. The second-order valence-electron chi connectivity index (χ2n) is 5.62. The monoisotopic (exact) mass is 305 g/mol. The second-order valence-corrected chi connectivity index (χ2v) is 7.27. The van der Waals surface area contributed by atoms with Crippen LogP contribution in [-0.4, -0.2) is 25.5 Å². The number of nitrogens with two attached hydrogens (primary N) is 1. The minimum atomic E-state index is -3.61. The number of sulfonamides is 1. The first kappa shape index (κ1) is 14.4. The van der Waals surface area contributed by atoms with Crippen molar-refractivity contribution >= 4 is 20.9 Å². The molecular weight excluding hydrogens is 286 g/mol. The summed E-state index contributed by atoms with van der Waals surface area (Å²) in [6.07, 6.45) is 5.27. The smallest absolute Gasteiger partial charge is 0.241 e. The summed E-state index contributed by atoms with van der Waals surface area (Å²) in [7, 11) is -3.61. The highest BCUT2D eigenvalue weighted by atomic mass is 32.2. The summed E-state index contributed by atoms with van der Waals surface area (Å²) < 4.78 is 28.4. The third kappa shape index (κ3) is 2.66. The van der Waals surface area contributed by atoms with Crippen molar-refractivity contribution in [2.75, 3.05) is 6.54 Å². The lowest BCUT2D eigenvalue weighted by atomic mass is 10.0. The molecule has 6 heteroatoms. The Morgan fingerprint density at radius 2 is 1.95 bits per heavy atom. The Morgan fingerprint density at radius 3 is 2.67 bits per heavy atom. The Morgan fingerprint density at radius 1 is 1.19 bits per heavy atom. The van der Waals surface area contributed by atoms with Crippen molar-refractivity contribution in [1.29, 1.82) is 0 Å². The van der Waals surface area contributed by atoms with E-state index >= 15 is 0 Å². The summed E-state index contributed by atoms with van der Waals surface area (Å²) in [5.41, 5.74) is 6.01. The Labute approximate surface area is 124 Å². The van der Waals surface area contributed by atoms with Gasteiger partial charge in [-0.3, -0.25) is 4.98 Å². The minimum Gasteiger partial charge on any atom is -0.329 e. The van der Waals surface area contributed by atoms with Gasteiger partial charge in [0.05, 0.1) is 10.4 Å². The van der Waals surface area contributed by atoms with E-state index in [1.54, 1.807) is 30.5 Å². The van der Waals surface area contributed by atoms with Crippen LogP contribution in [0, 0.1) is 0 Å². The van der Waals surface area contributed by atoms with Crippen LogP contribution >= 0.6 is 0 Å². The van der Waals surface area contributed by atoms with E-state index in [0.29, 0.717) is 17.4 Å². The third-order valence-corrected chi connectivity index (χ3v) is 5.83. The second kappa shape index (κ2) is 5.36. The number of rotatable bonds is 4. The lowest BCUT2D eigenvalue weighted by molar-refractivity contribution is 0.399. The van der Waals surface area contributed by atoms with Crippen LogP contribution in [0.15, 0.2) is 41.4 Å². The first-order valence-corrected chi connectivity index (χ1v) is 8.62. The number of nitrogens with one attached hydrogen (secondary N) is 1. The number of nitrogens with zero attached hydrogens (tertiary/aromatic N) is 1. The van der Waals surface area contributed by atoms with E-state index in [1.807, 2.05) is 6.07 Å². The predicted octanol–water partition coefficient (Wildman–Crippen LogP) is 1.78. The average Bonchev–Trinajstić information content (AvgIpc) is 2.95. The molecule has 3 rings (SSSR count). The molecule has 1 heterocycles. The van der Waals surface area contributed by atoms with Crippen LogP contribution in [0.2, 0.25) is 0 Å². The van der Waals surface area contributed by atoms with Gasteiger partial charge < -0.3 is 5.73 Å². The van der Waals surface area contributed by atoms with Crippen LogP contribution in [0.1, 0.15) is 25.7 Å². The van der Waals surface area contributed by atoms with Crippen molar-refractivity contribution in [1.82, 2.24) is 9.71 Å². The van der Waals surface area contributed by atoms with E-state index in [0.717, 1.165) is 25.7 Å². The van der Waals surface area contributed by atoms with Gasteiger partial charge in [-0.1, -0.05) is 18.9 Å². The molecule has 0 spiro atoms. The molecule has 21 heavy (non-hydrogen) atoms. The zero-order chi connectivity index (χ0) is 14.9. The number of hydrogen-bond acceptors (Lipinski definition) is 4. The fourth-order valence-corrected chi connectivity index (χ4v) is 4.74. The molecule has 5 nitrogen and oxygen atoms in total. The molecule has 1 saturated carbocycles. The highest BCUT2D eigenvalue weighted by molar-refractivity contribution is 7.89. The molecule has 1 aromatic carbocycles. The molecule has 1 aliphatic rings. The van der Waals surface area contributed by atoms with Gasteiger partial charge in [-0.2, -0.15) is 0 Å². The topological polar surface area (TPSA) is 85.1 Å². The molecule has 0 unspecified atom stereocenters. The molecule has 3 N–H and O–H groups in total. The van der Waals surface area contributed by atoms with Crippen LogP contribution in [0.4, 0.5) is 0 Å². The summed E-state index contributed by atoms with van der Waals surface area (Å²) in [5.74, 6) is 0. The highest BCUT2D eigenvalue weighted by Crippen LogP contribution is 2.31. The van der Waals surface area contributed by atoms with Gasteiger partial charge in [0, 0.05) is 23.7 Å². The van der Waals surface area contributed by atoms with Gasteiger partial charge >= 0.3 is 0 Å². The Kier molecular flexibility index (Phi) is 3.69. The van der Waals surface area contributed by atoms with E-state index < -0.39 is 15.6 Å². The summed E-state index contributed by atoms with van der Waals surface area (Å²) in [6.45, 7) is 0.329. The first-order valence-electron chi connectivity index (χ1n) is 7.14. The summed E-state index contributed by atoms with van der Waals surface area (Å²) in [5, 5.41) is 0.637. The molecule has 2 aromatic rings. The van der Waals surface area contributed by atoms with Gasteiger partial charge in [-0.15, -0.1) is 0 Å². The lowest BCUT2D eigenvalue weighted by Gasteiger charge is -2.28. The van der Waals surface area contributed by atoms with E-state index in [4.69, 9.17) is 5.73 Å². The van der Waals surface area contributed by atoms with E-state index in [9.17, 15) is 8.42 Å². The standard InChI is InChI=1S/C15H19N3O2S/c16-11-15(8-1-2-9-15)18-21(19,20)14-7-3-6-13-12(14)5-4-10-17-13/h3-7,10,18H,1-2,8-9,11,16H2. The van der Waals surface area contributed by atoms with Crippen molar-refractivity contribution in [3.63, 3.8) is 0 Å². The maximum Gasteiger partial charge on any atom is 0.241 e. The van der Waals surface area contributed by atoms with E-state index in [-0.39, 0.29) is 4.90 Å². The van der Waals surface area contributed by atoms with Gasteiger partial charge in [-0.25, -0.2) is 13.1 Å². The normalized spacial score (nSPS) is 18.1. The molecule has 1 aliphatic carbocycles. The third-order valence-electron chi connectivity index (χ3n) is 4.20. The molecule has 0 aliphatic heterocycles. The summed E-state index contributed by atoms with van der Waals surface area (Å²) >= 11 is 0. The van der Waals surface area contributed by atoms with Crippen LogP contribution in [0.3, 0.4) is 0 Å². The molecule has 112 valence electrons. The van der Waals surface area contributed by atoms with Crippen molar-refractivity contribution in [3.8, 4) is 0 Å². The van der Waals surface area contributed by atoms with Gasteiger partial charge in [0.25, 0.3) is 0 Å².